The molecule has 4 heteroatoms. The number of aromatic hydroxyl groups is 1. The lowest BCUT2D eigenvalue weighted by Crippen LogP contribution is -2.08. The van der Waals surface area contributed by atoms with Gasteiger partial charge in [0.15, 0.2) is 0 Å². The number of hydrogen-bond donors (Lipinski definition) is 1. The maximum absolute atomic E-state index is 12.9. The molecule has 136 valence electrons. The minimum atomic E-state index is -0.506. The molecule has 0 aromatic heterocycles. The Morgan fingerprint density at radius 2 is 1.56 bits per heavy atom. The molecule has 0 bridgehead atoms. The van der Waals surface area contributed by atoms with E-state index >= 15 is 0 Å². The predicted octanol–water partition coefficient (Wildman–Crippen LogP) is 5.54. The van der Waals surface area contributed by atoms with Crippen LogP contribution >= 0.6 is 0 Å². The number of ether oxygens (including phenoxy) is 1. The van der Waals surface area contributed by atoms with Gasteiger partial charge in [0, 0.05) is 0 Å². The molecular formula is C23H19FO3. The topological polar surface area (TPSA) is 46.5 Å². The first-order chi connectivity index (χ1) is 12.9. The van der Waals surface area contributed by atoms with E-state index in [1.807, 2.05) is 44.2 Å². The lowest BCUT2D eigenvalue weighted by Gasteiger charge is -2.06. The molecule has 0 atom stereocenters. The average Bonchev–Trinajstić information content (AvgIpc) is 2.66. The molecule has 0 radical (unpaired) electrons. The maximum atomic E-state index is 12.9. The summed E-state index contributed by atoms with van der Waals surface area (Å²) in [5.74, 6) is -0.301. The van der Waals surface area contributed by atoms with E-state index in [4.69, 9.17) is 4.74 Å². The number of aryl methyl sites for hydroxylation is 2. The van der Waals surface area contributed by atoms with Gasteiger partial charge in [-0.25, -0.2) is 9.18 Å². The minimum absolute atomic E-state index is 0.289. The largest absolute Gasteiger partial charge is 0.507 e. The zero-order chi connectivity index (χ0) is 19.4. The number of esters is 1. The number of rotatable bonds is 4. The third kappa shape index (κ3) is 4.61. The summed E-state index contributed by atoms with van der Waals surface area (Å²) in [7, 11) is 0. The van der Waals surface area contributed by atoms with Gasteiger partial charge in [0.1, 0.15) is 17.3 Å². The summed E-state index contributed by atoms with van der Waals surface area (Å²) in [6.45, 7) is 3.71. The van der Waals surface area contributed by atoms with Crippen LogP contribution in [-0.4, -0.2) is 11.1 Å². The second-order valence-corrected chi connectivity index (χ2v) is 6.31. The average molecular weight is 362 g/mol. The lowest BCUT2D eigenvalue weighted by atomic mass is 10.0. The van der Waals surface area contributed by atoms with Crippen LogP contribution in [0.5, 0.6) is 11.5 Å². The number of benzene rings is 3. The molecule has 3 rings (SSSR count). The molecule has 0 saturated heterocycles. The first-order valence-electron chi connectivity index (χ1n) is 8.48. The molecule has 3 aromatic rings. The second kappa shape index (κ2) is 7.87. The summed E-state index contributed by atoms with van der Waals surface area (Å²) < 4.78 is 18.2. The van der Waals surface area contributed by atoms with Crippen LogP contribution in [0.1, 0.15) is 32.6 Å². The van der Waals surface area contributed by atoms with Crippen molar-refractivity contribution in [3.05, 3.63) is 94.3 Å². The van der Waals surface area contributed by atoms with E-state index in [2.05, 4.69) is 0 Å². The molecule has 0 aliphatic rings. The van der Waals surface area contributed by atoms with Crippen LogP contribution in [0.3, 0.4) is 0 Å². The van der Waals surface area contributed by atoms with E-state index in [1.165, 1.54) is 24.3 Å². The van der Waals surface area contributed by atoms with E-state index in [-0.39, 0.29) is 11.6 Å². The number of carbonyl (C=O) groups excluding carboxylic acids is 1. The van der Waals surface area contributed by atoms with Crippen molar-refractivity contribution in [1.82, 2.24) is 0 Å². The van der Waals surface area contributed by atoms with Crippen LogP contribution < -0.4 is 4.74 Å². The fraction of sp³-hybridized carbons (Fsp3) is 0.0870. The molecular weight excluding hydrogens is 343 g/mol. The van der Waals surface area contributed by atoms with Crippen molar-refractivity contribution < 1.29 is 19.0 Å². The van der Waals surface area contributed by atoms with E-state index in [9.17, 15) is 14.3 Å². The summed E-state index contributed by atoms with van der Waals surface area (Å²) in [5.41, 5.74) is 3.83. The van der Waals surface area contributed by atoms with Crippen molar-refractivity contribution in [2.45, 2.75) is 13.8 Å². The summed E-state index contributed by atoms with van der Waals surface area (Å²) in [5, 5.41) is 9.85. The van der Waals surface area contributed by atoms with Crippen LogP contribution in [0.15, 0.2) is 60.7 Å². The van der Waals surface area contributed by atoms with Gasteiger partial charge < -0.3 is 9.84 Å². The highest BCUT2D eigenvalue weighted by atomic mass is 19.1. The first kappa shape index (κ1) is 18.4. The highest BCUT2D eigenvalue weighted by molar-refractivity contribution is 5.92. The number of hydrogen-bond acceptors (Lipinski definition) is 3. The number of phenolic OH excluding ortho intramolecular Hbond substituents is 1. The van der Waals surface area contributed by atoms with E-state index in [1.54, 1.807) is 18.2 Å². The highest BCUT2D eigenvalue weighted by Gasteiger charge is 2.09. The summed E-state index contributed by atoms with van der Waals surface area (Å²) in [4.78, 5) is 12.3. The van der Waals surface area contributed by atoms with Crippen LogP contribution in [0, 0.1) is 19.7 Å². The molecule has 0 spiro atoms. The zero-order valence-electron chi connectivity index (χ0n) is 15.1. The van der Waals surface area contributed by atoms with Gasteiger partial charge in [0.2, 0.25) is 0 Å². The summed E-state index contributed by atoms with van der Waals surface area (Å²) >= 11 is 0. The maximum Gasteiger partial charge on any atom is 0.343 e. The van der Waals surface area contributed by atoms with Gasteiger partial charge in [0.05, 0.1) is 5.56 Å². The first-order valence-corrected chi connectivity index (χ1v) is 8.48. The summed E-state index contributed by atoms with van der Waals surface area (Å²) in [6, 6.07) is 16.1. The van der Waals surface area contributed by atoms with Crippen molar-refractivity contribution in [2.24, 2.45) is 0 Å². The summed E-state index contributed by atoms with van der Waals surface area (Å²) in [6.07, 6.45) is 3.81. The molecule has 1 N–H and O–H groups in total. The molecule has 0 amide bonds. The van der Waals surface area contributed by atoms with Crippen LogP contribution in [-0.2, 0) is 0 Å². The number of phenols is 1. The number of carbonyl (C=O) groups is 1. The fourth-order valence-electron chi connectivity index (χ4n) is 2.72. The molecule has 0 unspecified atom stereocenters. The monoisotopic (exact) mass is 362 g/mol. The van der Waals surface area contributed by atoms with Crippen molar-refractivity contribution in [3.8, 4) is 11.5 Å². The zero-order valence-corrected chi connectivity index (χ0v) is 15.1. The van der Waals surface area contributed by atoms with Gasteiger partial charge >= 0.3 is 5.97 Å². The van der Waals surface area contributed by atoms with E-state index in [0.717, 1.165) is 22.3 Å². The van der Waals surface area contributed by atoms with Gasteiger partial charge in [-0.2, -0.15) is 0 Å². The van der Waals surface area contributed by atoms with Crippen molar-refractivity contribution in [3.63, 3.8) is 0 Å². The molecule has 3 aromatic carbocycles. The Morgan fingerprint density at radius 3 is 2.22 bits per heavy atom. The molecule has 0 fully saturated rings. The van der Waals surface area contributed by atoms with Gasteiger partial charge in [-0.1, -0.05) is 24.3 Å². The van der Waals surface area contributed by atoms with Gasteiger partial charge in [-0.3, -0.25) is 0 Å². The molecule has 27 heavy (non-hydrogen) atoms. The van der Waals surface area contributed by atoms with Crippen molar-refractivity contribution >= 4 is 18.1 Å². The molecule has 0 saturated carbocycles. The van der Waals surface area contributed by atoms with Crippen LogP contribution in [0.4, 0.5) is 4.39 Å². The minimum Gasteiger partial charge on any atom is -0.507 e. The van der Waals surface area contributed by atoms with Crippen molar-refractivity contribution in [2.75, 3.05) is 0 Å². The van der Waals surface area contributed by atoms with Gasteiger partial charge in [-0.05, 0) is 84.6 Å². The van der Waals surface area contributed by atoms with Gasteiger partial charge in [-0.15, -0.1) is 0 Å². The normalized spacial score (nSPS) is 10.9. The van der Waals surface area contributed by atoms with Crippen molar-refractivity contribution in [1.29, 1.82) is 0 Å². The van der Waals surface area contributed by atoms with Gasteiger partial charge in [0.25, 0.3) is 0 Å². The van der Waals surface area contributed by atoms with Crippen LogP contribution in [0.2, 0.25) is 0 Å². The SMILES string of the molecule is Cc1cc(/C=C/c2cccc(C(=O)Oc3ccc(F)cc3)c2)cc(C)c1O. The Labute approximate surface area is 157 Å². The Bertz CT molecular complexity index is 981. The molecule has 0 aliphatic heterocycles. The Hall–Kier alpha value is -3.40. The quantitative estimate of drug-likeness (QED) is 0.377. The third-order valence-corrected chi connectivity index (χ3v) is 4.13. The van der Waals surface area contributed by atoms with E-state index < -0.39 is 5.97 Å². The third-order valence-electron chi connectivity index (χ3n) is 4.13. The highest BCUT2D eigenvalue weighted by Crippen LogP contribution is 2.24. The standard InChI is InChI=1S/C23H19FO3/c1-15-12-18(13-16(2)22(15)25)7-6-17-4-3-5-19(14-17)23(26)27-21-10-8-20(24)9-11-21/h3-14,25H,1-2H3/b7-6+. The fourth-order valence-corrected chi connectivity index (χ4v) is 2.72. The smallest absolute Gasteiger partial charge is 0.343 e. The van der Waals surface area contributed by atoms with Crippen LogP contribution in [0.25, 0.3) is 12.2 Å². The lowest BCUT2D eigenvalue weighted by molar-refractivity contribution is 0.0734. The molecule has 3 nitrogen and oxygen atoms in total. The molecule has 0 heterocycles. The second-order valence-electron chi connectivity index (χ2n) is 6.31. The number of halogens is 1. The Morgan fingerprint density at radius 1 is 0.926 bits per heavy atom. The predicted molar refractivity (Wildman–Crippen MR) is 104 cm³/mol. The Balaban J connectivity index is 1.77. The molecule has 0 aliphatic carbocycles. The Kier molecular flexibility index (Phi) is 5.36. The van der Waals surface area contributed by atoms with E-state index in [0.29, 0.717) is 11.3 Å².